The molecule has 1 aliphatic carbocycles. The number of nitrogens with zero attached hydrogens (tertiary/aromatic N) is 1. The van der Waals surface area contributed by atoms with Gasteiger partial charge in [-0.15, -0.1) is 11.8 Å². The summed E-state index contributed by atoms with van der Waals surface area (Å²) in [6.45, 7) is 0.218. The van der Waals surface area contributed by atoms with Crippen molar-refractivity contribution in [1.82, 2.24) is 4.90 Å². The van der Waals surface area contributed by atoms with Crippen LogP contribution in [-0.4, -0.2) is 28.9 Å². The highest BCUT2D eigenvalue weighted by Crippen LogP contribution is 2.28. The van der Waals surface area contributed by atoms with E-state index in [1.54, 1.807) is 35.8 Å². The Morgan fingerprint density at radius 1 is 1.38 bits per heavy atom. The van der Waals surface area contributed by atoms with E-state index in [9.17, 15) is 9.18 Å². The number of carbonyl (C=O) groups excluding carboxylic acids is 1. The van der Waals surface area contributed by atoms with Crippen LogP contribution in [0, 0.1) is 5.82 Å². The SMILES string of the molecule is CN(Cc1c(F)cccc1Cl)C(=O)CSC1CCCCC1. The standard InChI is InChI=1S/C16H21ClFNOS/c1-19(10-13-14(17)8-5-9-15(13)18)16(20)11-21-12-6-3-2-4-7-12/h5,8-9,12H,2-4,6-7,10-11H2,1H3. The minimum Gasteiger partial charge on any atom is -0.341 e. The van der Waals surface area contributed by atoms with Crippen LogP contribution < -0.4 is 0 Å². The van der Waals surface area contributed by atoms with E-state index in [-0.39, 0.29) is 18.3 Å². The largest absolute Gasteiger partial charge is 0.341 e. The first-order valence-corrected chi connectivity index (χ1v) is 8.79. The van der Waals surface area contributed by atoms with Crippen molar-refractivity contribution < 1.29 is 9.18 Å². The van der Waals surface area contributed by atoms with Crippen LogP contribution in [0.3, 0.4) is 0 Å². The van der Waals surface area contributed by atoms with Gasteiger partial charge in [0.15, 0.2) is 0 Å². The minimum atomic E-state index is -0.359. The normalized spacial score (nSPS) is 16.0. The van der Waals surface area contributed by atoms with Crippen LogP contribution in [0.25, 0.3) is 0 Å². The molecule has 1 aromatic rings. The van der Waals surface area contributed by atoms with Crippen LogP contribution in [0.1, 0.15) is 37.7 Å². The maximum Gasteiger partial charge on any atom is 0.232 e. The Morgan fingerprint density at radius 3 is 2.76 bits per heavy atom. The van der Waals surface area contributed by atoms with Gasteiger partial charge in [0, 0.05) is 29.4 Å². The van der Waals surface area contributed by atoms with Crippen molar-refractivity contribution in [2.45, 2.75) is 43.9 Å². The van der Waals surface area contributed by atoms with Gasteiger partial charge in [0.25, 0.3) is 0 Å². The van der Waals surface area contributed by atoms with Gasteiger partial charge in [0.2, 0.25) is 5.91 Å². The Labute approximate surface area is 135 Å². The smallest absolute Gasteiger partial charge is 0.232 e. The van der Waals surface area contributed by atoms with Gasteiger partial charge >= 0.3 is 0 Å². The Hall–Kier alpha value is -0.740. The molecule has 1 fully saturated rings. The van der Waals surface area contributed by atoms with Gasteiger partial charge in [-0.3, -0.25) is 4.79 Å². The van der Waals surface area contributed by atoms with Crippen LogP contribution in [0.15, 0.2) is 18.2 Å². The first-order chi connectivity index (χ1) is 10.1. The van der Waals surface area contributed by atoms with E-state index < -0.39 is 0 Å². The molecule has 0 spiro atoms. The van der Waals surface area contributed by atoms with E-state index in [1.807, 2.05) is 0 Å². The molecule has 0 radical (unpaired) electrons. The van der Waals surface area contributed by atoms with Crippen molar-refractivity contribution in [2.24, 2.45) is 0 Å². The number of amides is 1. The van der Waals surface area contributed by atoms with Gasteiger partial charge in [-0.05, 0) is 25.0 Å². The molecule has 2 rings (SSSR count). The molecule has 1 amide bonds. The number of hydrogen-bond donors (Lipinski definition) is 0. The summed E-state index contributed by atoms with van der Waals surface area (Å²) in [6, 6.07) is 4.59. The van der Waals surface area contributed by atoms with Crippen LogP contribution in [0.5, 0.6) is 0 Å². The van der Waals surface area contributed by atoms with Crippen molar-refractivity contribution in [1.29, 1.82) is 0 Å². The van der Waals surface area contributed by atoms with Crippen LogP contribution >= 0.6 is 23.4 Å². The quantitative estimate of drug-likeness (QED) is 0.792. The van der Waals surface area contributed by atoms with Gasteiger partial charge in [-0.2, -0.15) is 0 Å². The molecule has 0 atom stereocenters. The van der Waals surface area contributed by atoms with E-state index in [1.165, 1.54) is 38.2 Å². The molecule has 0 unspecified atom stereocenters. The van der Waals surface area contributed by atoms with E-state index in [0.717, 1.165) is 0 Å². The van der Waals surface area contributed by atoms with Gasteiger partial charge in [-0.1, -0.05) is 36.9 Å². The fourth-order valence-corrected chi connectivity index (χ4v) is 4.03. The second-order valence-corrected chi connectivity index (χ2v) is 7.22. The molecule has 1 aromatic carbocycles. The number of rotatable bonds is 5. The maximum absolute atomic E-state index is 13.7. The molecule has 1 aliphatic rings. The van der Waals surface area contributed by atoms with Crippen molar-refractivity contribution >= 4 is 29.3 Å². The van der Waals surface area contributed by atoms with E-state index >= 15 is 0 Å². The summed E-state index contributed by atoms with van der Waals surface area (Å²) >= 11 is 7.73. The van der Waals surface area contributed by atoms with Crippen molar-refractivity contribution in [3.05, 3.63) is 34.6 Å². The fraction of sp³-hybridized carbons (Fsp3) is 0.562. The fourth-order valence-electron chi connectivity index (χ4n) is 2.54. The number of carbonyl (C=O) groups is 1. The van der Waals surface area contributed by atoms with Gasteiger partial charge in [-0.25, -0.2) is 4.39 Å². The van der Waals surface area contributed by atoms with E-state index in [4.69, 9.17) is 11.6 Å². The van der Waals surface area contributed by atoms with E-state index in [0.29, 0.717) is 21.6 Å². The van der Waals surface area contributed by atoms with Gasteiger partial charge < -0.3 is 4.90 Å². The molecule has 0 aliphatic heterocycles. The average molecular weight is 330 g/mol. The molecule has 0 bridgehead atoms. The highest BCUT2D eigenvalue weighted by atomic mass is 35.5. The number of thioether (sulfide) groups is 1. The lowest BCUT2D eigenvalue weighted by Gasteiger charge is -2.23. The highest BCUT2D eigenvalue weighted by Gasteiger charge is 2.18. The summed E-state index contributed by atoms with van der Waals surface area (Å²) < 4.78 is 13.7. The molecular weight excluding hydrogens is 309 g/mol. The lowest BCUT2D eigenvalue weighted by molar-refractivity contribution is -0.127. The summed E-state index contributed by atoms with van der Waals surface area (Å²) in [5.41, 5.74) is 0.387. The molecule has 116 valence electrons. The highest BCUT2D eigenvalue weighted by molar-refractivity contribution is 8.00. The number of hydrogen-bond acceptors (Lipinski definition) is 2. The molecule has 21 heavy (non-hydrogen) atoms. The molecular formula is C16H21ClFNOS. The average Bonchev–Trinajstić information content (AvgIpc) is 2.49. The molecule has 0 N–H and O–H groups in total. The molecule has 5 heteroatoms. The zero-order valence-corrected chi connectivity index (χ0v) is 13.9. The molecule has 0 aromatic heterocycles. The third-order valence-electron chi connectivity index (χ3n) is 3.88. The monoisotopic (exact) mass is 329 g/mol. The number of halogens is 2. The van der Waals surface area contributed by atoms with Crippen molar-refractivity contribution in [2.75, 3.05) is 12.8 Å². The second kappa shape index (κ2) is 8.04. The van der Waals surface area contributed by atoms with Crippen LogP contribution in [-0.2, 0) is 11.3 Å². The molecule has 0 saturated heterocycles. The first kappa shape index (κ1) is 16.6. The summed E-state index contributed by atoms with van der Waals surface area (Å²) in [5.74, 6) is 0.139. The Balaban J connectivity index is 1.84. The molecule has 2 nitrogen and oxygen atoms in total. The van der Waals surface area contributed by atoms with Crippen LogP contribution in [0.4, 0.5) is 4.39 Å². The molecule has 1 saturated carbocycles. The predicted molar refractivity (Wildman–Crippen MR) is 87.2 cm³/mol. The summed E-state index contributed by atoms with van der Waals surface area (Å²) in [4.78, 5) is 13.7. The molecule has 0 heterocycles. The Morgan fingerprint density at radius 2 is 2.10 bits per heavy atom. The lowest BCUT2D eigenvalue weighted by atomic mass is 10.0. The summed E-state index contributed by atoms with van der Waals surface area (Å²) in [7, 11) is 1.70. The van der Waals surface area contributed by atoms with Crippen molar-refractivity contribution in [3.63, 3.8) is 0 Å². The van der Waals surface area contributed by atoms with Gasteiger partial charge in [0.1, 0.15) is 5.82 Å². The van der Waals surface area contributed by atoms with Crippen LogP contribution in [0.2, 0.25) is 5.02 Å². The maximum atomic E-state index is 13.7. The summed E-state index contributed by atoms with van der Waals surface area (Å²) in [5, 5.41) is 0.975. The zero-order valence-electron chi connectivity index (χ0n) is 12.3. The first-order valence-electron chi connectivity index (χ1n) is 7.36. The summed E-state index contributed by atoms with van der Waals surface area (Å²) in [6.07, 6.45) is 6.28. The van der Waals surface area contributed by atoms with Gasteiger partial charge in [0.05, 0.1) is 5.75 Å². The van der Waals surface area contributed by atoms with Crippen molar-refractivity contribution in [3.8, 4) is 0 Å². The number of benzene rings is 1. The zero-order chi connectivity index (χ0) is 15.2. The Kier molecular flexibility index (Phi) is 6.37. The minimum absolute atomic E-state index is 0.0323. The van der Waals surface area contributed by atoms with E-state index in [2.05, 4.69) is 0 Å². The second-order valence-electron chi connectivity index (χ2n) is 5.52. The third-order valence-corrected chi connectivity index (χ3v) is 5.59. The predicted octanol–water partition coefficient (Wildman–Crippen LogP) is 4.50. The third kappa shape index (κ3) is 4.89. The Bertz CT molecular complexity index is 471. The topological polar surface area (TPSA) is 20.3 Å². The lowest BCUT2D eigenvalue weighted by Crippen LogP contribution is -2.29.